The van der Waals surface area contributed by atoms with Crippen LogP contribution in [0.1, 0.15) is 30.5 Å². The second-order valence-electron chi connectivity index (χ2n) is 6.34. The Balaban J connectivity index is 1.91. The second kappa shape index (κ2) is 8.90. The molecule has 0 aliphatic carbocycles. The van der Waals surface area contributed by atoms with Crippen molar-refractivity contribution in [1.82, 2.24) is 14.8 Å². The fraction of sp³-hybridized carbons (Fsp3) is 0.200. The summed E-state index contributed by atoms with van der Waals surface area (Å²) < 4.78 is 7.19. The third-order valence-electron chi connectivity index (χ3n) is 3.99. The van der Waals surface area contributed by atoms with Crippen molar-refractivity contribution in [1.29, 1.82) is 5.26 Å². The number of nitrogens with zero attached hydrogens (tertiary/aromatic N) is 4. The van der Waals surface area contributed by atoms with Gasteiger partial charge in [0, 0.05) is 22.8 Å². The Morgan fingerprint density at radius 1 is 1.38 bits per heavy atom. The van der Waals surface area contributed by atoms with Gasteiger partial charge in [0.25, 0.3) is 5.91 Å². The topological polar surface area (TPSA) is 92.8 Å². The second-order valence-corrected chi connectivity index (χ2v) is 7.79. The molecule has 0 unspecified atom stereocenters. The fourth-order valence-corrected chi connectivity index (χ4v) is 3.47. The number of hydrogen-bond acceptors (Lipinski definition) is 6. The summed E-state index contributed by atoms with van der Waals surface area (Å²) in [6.07, 6.45) is 3.30. The molecule has 7 nitrogen and oxygen atoms in total. The number of amides is 1. The molecule has 2 aromatic heterocycles. The van der Waals surface area contributed by atoms with E-state index in [9.17, 15) is 10.1 Å². The minimum Gasteiger partial charge on any atom is -0.495 e. The van der Waals surface area contributed by atoms with Crippen molar-refractivity contribution in [2.45, 2.75) is 19.8 Å². The minimum atomic E-state index is -0.551. The minimum absolute atomic E-state index is 0.0627. The number of halogens is 1. The van der Waals surface area contributed by atoms with Gasteiger partial charge in [-0.3, -0.25) is 10.1 Å². The van der Waals surface area contributed by atoms with Gasteiger partial charge in [-0.1, -0.05) is 36.8 Å². The third-order valence-corrected chi connectivity index (χ3v) is 5.37. The van der Waals surface area contributed by atoms with E-state index >= 15 is 0 Å². The van der Waals surface area contributed by atoms with Gasteiger partial charge < -0.3 is 9.30 Å². The number of ether oxygens (including phenoxy) is 1. The lowest BCUT2D eigenvalue weighted by Crippen LogP contribution is -2.13. The molecule has 0 atom stereocenters. The number of carbonyl (C=O) groups excluding carboxylic acids is 1. The molecule has 29 heavy (non-hydrogen) atoms. The van der Waals surface area contributed by atoms with Gasteiger partial charge in [-0.25, -0.2) is 0 Å². The molecule has 0 fully saturated rings. The van der Waals surface area contributed by atoms with Gasteiger partial charge in [0.05, 0.1) is 12.8 Å². The summed E-state index contributed by atoms with van der Waals surface area (Å²) in [5, 5.41) is 21.8. The van der Waals surface area contributed by atoms with Gasteiger partial charge >= 0.3 is 0 Å². The zero-order valence-corrected chi connectivity index (χ0v) is 17.6. The summed E-state index contributed by atoms with van der Waals surface area (Å²) in [6.45, 7) is 3.98. The lowest BCUT2D eigenvalue weighted by atomic mass is 10.2. The van der Waals surface area contributed by atoms with E-state index in [-0.39, 0.29) is 11.5 Å². The number of hydrogen-bond donors (Lipinski definition) is 1. The number of nitriles is 1. The first-order valence-electron chi connectivity index (χ1n) is 8.70. The summed E-state index contributed by atoms with van der Waals surface area (Å²) in [5.41, 5.74) is 1.25. The van der Waals surface area contributed by atoms with Crippen LogP contribution in [0.5, 0.6) is 5.75 Å². The number of anilines is 1. The SMILES string of the molecule is COc1ccc(Cl)cc1-n1cccc1/C=C(/C#N)C(=O)Nc1nnc(C(C)C)s1. The molecule has 1 aromatic carbocycles. The maximum atomic E-state index is 12.6. The van der Waals surface area contributed by atoms with Crippen LogP contribution in [0, 0.1) is 11.3 Å². The Labute approximate surface area is 177 Å². The molecule has 1 amide bonds. The van der Waals surface area contributed by atoms with E-state index in [4.69, 9.17) is 16.3 Å². The summed E-state index contributed by atoms with van der Waals surface area (Å²) in [4.78, 5) is 12.6. The van der Waals surface area contributed by atoms with E-state index in [1.54, 1.807) is 48.2 Å². The van der Waals surface area contributed by atoms with Crippen LogP contribution >= 0.6 is 22.9 Å². The highest BCUT2D eigenvalue weighted by molar-refractivity contribution is 7.15. The molecule has 0 spiro atoms. The van der Waals surface area contributed by atoms with E-state index in [0.29, 0.717) is 27.3 Å². The zero-order chi connectivity index (χ0) is 21.0. The average molecular weight is 428 g/mol. The van der Waals surface area contributed by atoms with Gasteiger partial charge in [-0.15, -0.1) is 10.2 Å². The number of rotatable bonds is 6. The quantitative estimate of drug-likeness (QED) is 0.456. The van der Waals surface area contributed by atoms with Crippen molar-refractivity contribution in [2.75, 3.05) is 12.4 Å². The van der Waals surface area contributed by atoms with Gasteiger partial charge in [-0.2, -0.15) is 5.26 Å². The number of nitrogens with one attached hydrogen (secondary N) is 1. The van der Waals surface area contributed by atoms with E-state index < -0.39 is 5.91 Å². The Kier molecular flexibility index (Phi) is 6.32. The number of aromatic nitrogens is 3. The van der Waals surface area contributed by atoms with Crippen LogP contribution in [0.15, 0.2) is 42.1 Å². The van der Waals surface area contributed by atoms with Crippen LogP contribution in [0.3, 0.4) is 0 Å². The van der Waals surface area contributed by atoms with E-state index in [2.05, 4.69) is 15.5 Å². The van der Waals surface area contributed by atoms with E-state index in [1.165, 1.54) is 17.4 Å². The lowest BCUT2D eigenvalue weighted by molar-refractivity contribution is -0.112. The highest BCUT2D eigenvalue weighted by Gasteiger charge is 2.16. The molecule has 0 radical (unpaired) electrons. The molecule has 0 aliphatic rings. The monoisotopic (exact) mass is 427 g/mol. The Morgan fingerprint density at radius 2 is 2.17 bits per heavy atom. The van der Waals surface area contributed by atoms with Crippen LogP contribution < -0.4 is 10.1 Å². The van der Waals surface area contributed by atoms with Crippen LogP contribution in [0.4, 0.5) is 5.13 Å². The highest BCUT2D eigenvalue weighted by Crippen LogP contribution is 2.29. The Hall–Kier alpha value is -3.15. The van der Waals surface area contributed by atoms with Crippen molar-refractivity contribution in [2.24, 2.45) is 0 Å². The molecule has 9 heteroatoms. The van der Waals surface area contributed by atoms with Crippen LogP contribution in [0.2, 0.25) is 5.02 Å². The maximum Gasteiger partial charge on any atom is 0.268 e. The van der Waals surface area contributed by atoms with Crippen molar-refractivity contribution in [3.8, 4) is 17.5 Å². The first-order chi connectivity index (χ1) is 13.9. The van der Waals surface area contributed by atoms with Crippen LogP contribution in [-0.4, -0.2) is 27.8 Å². The molecule has 0 saturated carbocycles. The van der Waals surface area contributed by atoms with Gasteiger partial charge in [-0.05, 0) is 36.4 Å². The molecule has 1 N–H and O–H groups in total. The predicted molar refractivity (Wildman–Crippen MR) is 114 cm³/mol. The Morgan fingerprint density at radius 3 is 2.83 bits per heavy atom. The van der Waals surface area contributed by atoms with Crippen LogP contribution in [-0.2, 0) is 4.79 Å². The summed E-state index contributed by atoms with van der Waals surface area (Å²) >= 11 is 7.41. The first kappa shape index (κ1) is 20.6. The average Bonchev–Trinajstić information content (AvgIpc) is 3.35. The van der Waals surface area contributed by atoms with Gasteiger partial charge in [0.15, 0.2) is 0 Å². The summed E-state index contributed by atoms with van der Waals surface area (Å²) in [5.74, 6) is 0.267. The van der Waals surface area contributed by atoms with Crippen molar-refractivity contribution in [3.05, 3.63) is 57.8 Å². The van der Waals surface area contributed by atoms with Gasteiger partial charge in [0.1, 0.15) is 22.4 Å². The van der Waals surface area contributed by atoms with Crippen molar-refractivity contribution < 1.29 is 9.53 Å². The van der Waals surface area contributed by atoms with Crippen molar-refractivity contribution >= 4 is 40.1 Å². The Bertz CT molecular complexity index is 1110. The molecule has 3 rings (SSSR count). The lowest BCUT2D eigenvalue weighted by Gasteiger charge is -2.12. The third kappa shape index (κ3) is 4.65. The number of benzene rings is 1. The number of methoxy groups -OCH3 is 1. The van der Waals surface area contributed by atoms with Crippen molar-refractivity contribution in [3.63, 3.8) is 0 Å². The largest absolute Gasteiger partial charge is 0.495 e. The van der Waals surface area contributed by atoms with E-state index in [0.717, 1.165) is 5.01 Å². The zero-order valence-electron chi connectivity index (χ0n) is 16.0. The van der Waals surface area contributed by atoms with E-state index in [1.807, 2.05) is 19.9 Å². The molecule has 0 saturated heterocycles. The molecule has 0 bridgehead atoms. The predicted octanol–water partition coefficient (Wildman–Crippen LogP) is 4.66. The molecule has 2 heterocycles. The molecule has 3 aromatic rings. The normalized spacial score (nSPS) is 11.4. The van der Waals surface area contributed by atoms with Crippen LogP contribution in [0.25, 0.3) is 11.8 Å². The molecule has 0 aliphatic heterocycles. The maximum absolute atomic E-state index is 12.6. The molecular weight excluding hydrogens is 410 g/mol. The summed E-state index contributed by atoms with van der Waals surface area (Å²) in [6, 6.07) is 10.8. The molecular formula is C20H18ClN5O2S. The fourth-order valence-electron chi connectivity index (χ4n) is 2.56. The first-order valence-corrected chi connectivity index (χ1v) is 9.90. The molecule has 148 valence electrons. The smallest absolute Gasteiger partial charge is 0.268 e. The van der Waals surface area contributed by atoms with Gasteiger partial charge in [0.2, 0.25) is 5.13 Å². The number of carbonyl (C=O) groups is 1. The standard InChI is InChI=1S/C20H18ClN5O2S/c1-12(2)19-24-25-20(29-19)23-18(27)13(11-22)9-15-5-4-8-26(15)16-10-14(21)6-7-17(16)28-3/h4-10,12H,1-3H3,(H,23,25,27)/b13-9-. The summed E-state index contributed by atoms with van der Waals surface area (Å²) in [7, 11) is 1.56. The highest BCUT2D eigenvalue weighted by atomic mass is 35.5.